The van der Waals surface area contributed by atoms with Crippen molar-refractivity contribution in [1.29, 1.82) is 0 Å². The first-order valence-corrected chi connectivity index (χ1v) is 5.42. The molecule has 1 aromatic rings. The fourth-order valence-corrected chi connectivity index (χ4v) is 1.49. The molecule has 2 nitrogen and oxygen atoms in total. The second kappa shape index (κ2) is 4.28. The third-order valence-electron chi connectivity index (χ3n) is 1.80. The van der Waals surface area contributed by atoms with Crippen LogP contribution in [0.2, 0.25) is 5.02 Å². The summed E-state index contributed by atoms with van der Waals surface area (Å²) >= 11 is 9.36. The van der Waals surface area contributed by atoms with Crippen molar-refractivity contribution in [2.24, 2.45) is 0 Å². The van der Waals surface area contributed by atoms with Gasteiger partial charge >= 0.3 is 0 Å². The quantitative estimate of drug-likeness (QED) is 0.755. The molecule has 0 aliphatic rings. The van der Waals surface area contributed by atoms with Gasteiger partial charge in [-0.3, -0.25) is 4.68 Å². The molecule has 0 N–H and O–H groups in total. The largest absolute Gasteiger partial charge is 0.268 e. The highest BCUT2D eigenvalue weighted by Gasteiger charge is 2.07. The van der Waals surface area contributed by atoms with Gasteiger partial charge in [0.2, 0.25) is 0 Å². The van der Waals surface area contributed by atoms with Crippen molar-refractivity contribution in [3.8, 4) is 0 Å². The van der Waals surface area contributed by atoms with E-state index in [2.05, 4.69) is 21.0 Å². The summed E-state index contributed by atoms with van der Waals surface area (Å²) in [5.41, 5.74) is 1.99. The minimum atomic E-state index is 0.796. The normalized spacial score (nSPS) is 10.7. The predicted molar refractivity (Wildman–Crippen MR) is 55.1 cm³/mol. The third-order valence-corrected chi connectivity index (χ3v) is 2.90. The molecule has 0 bridgehead atoms. The summed E-state index contributed by atoms with van der Waals surface area (Å²) in [6.45, 7) is 4.86. The average molecular weight is 252 g/mol. The van der Waals surface area contributed by atoms with Crippen molar-refractivity contribution in [1.82, 2.24) is 9.78 Å². The van der Waals surface area contributed by atoms with Crippen molar-refractivity contribution in [3.63, 3.8) is 0 Å². The van der Waals surface area contributed by atoms with E-state index in [-0.39, 0.29) is 0 Å². The summed E-state index contributed by atoms with van der Waals surface area (Å²) in [7, 11) is 0. The topological polar surface area (TPSA) is 17.8 Å². The Morgan fingerprint density at radius 2 is 2.17 bits per heavy atom. The van der Waals surface area contributed by atoms with Crippen molar-refractivity contribution in [2.45, 2.75) is 26.8 Å². The van der Waals surface area contributed by atoms with Gasteiger partial charge in [0.05, 0.1) is 16.4 Å². The van der Waals surface area contributed by atoms with Crippen molar-refractivity contribution >= 4 is 27.5 Å². The van der Waals surface area contributed by atoms with Gasteiger partial charge in [0.25, 0.3) is 0 Å². The first-order chi connectivity index (χ1) is 5.66. The molecule has 0 aromatic carbocycles. The molecule has 0 unspecified atom stereocenters. The van der Waals surface area contributed by atoms with Crippen LogP contribution in [0, 0.1) is 13.8 Å². The Labute approximate surface area is 86.0 Å². The van der Waals surface area contributed by atoms with Crippen molar-refractivity contribution < 1.29 is 0 Å². The van der Waals surface area contributed by atoms with Gasteiger partial charge in [-0.05, 0) is 20.3 Å². The predicted octanol–water partition coefficient (Wildman–Crippen LogP) is 2.94. The van der Waals surface area contributed by atoms with Gasteiger partial charge in [0.1, 0.15) is 0 Å². The average Bonchev–Trinajstić information content (AvgIpc) is 2.30. The summed E-state index contributed by atoms with van der Waals surface area (Å²) in [6.07, 6.45) is 1.08. The van der Waals surface area contributed by atoms with Crippen LogP contribution >= 0.6 is 27.5 Å². The van der Waals surface area contributed by atoms with Crippen LogP contribution in [0.3, 0.4) is 0 Å². The van der Waals surface area contributed by atoms with E-state index in [1.165, 1.54) is 0 Å². The van der Waals surface area contributed by atoms with Crippen LogP contribution in [0.4, 0.5) is 0 Å². The van der Waals surface area contributed by atoms with E-state index in [4.69, 9.17) is 11.6 Å². The molecule has 4 heteroatoms. The van der Waals surface area contributed by atoms with Gasteiger partial charge in [0, 0.05) is 11.9 Å². The van der Waals surface area contributed by atoms with Gasteiger partial charge in [-0.1, -0.05) is 27.5 Å². The maximum atomic E-state index is 5.98. The number of nitrogens with zero attached hydrogens (tertiary/aromatic N) is 2. The zero-order chi connectivity index (χ0) is 9.14. The highest BCUT2D eigenvalue weighted by atomic mass is 79.9. The maximum absolute atomic E-state index is 5.98. The van der Waals surface area contributed by atoms with Gasteiger partial charge in [-0.2, -0.15) is 5.10 Å². The minimum Gasteiger partial charge on any atom is -0.268 e. The number of hydrogen-bond acceptors (Lipinski definition) is 1. The molecule has 1 rings (SSSR count). The Morgan fingerprint density at radius 3 is 2.58 bits per heavy atom. The van der Waals surface area contributed by atoms with Crippen LogP contribution in [0.5, 0.6) is 0 Å². The van der Waals surface area contributed by atoms with Crippen molar-refractivity contribution in [2.75, 3.05) is 5.33 Å². The van der Waals surface area contributed by atoms with E-state index in [1.807, 2.05) is 18.5 Å². The maximum Gasteiger partial charge on any atom is 0.0844 e. The molecular weight excluding hydrogens is 239 g/mol. The molecule has 0 saturated carbocycles. The number of halogens is 2. The molecule has 0 spiro atoms. The van der Waals surface area contributed by atoms with E-state index >= 15 is 0 Å². The van der Waals surface area contributed by atoms with Gasteiger partial charge in [-0.15, -0.1) is 0 Å². The third kappa shape index (κ3) is 2.02. The molecule has 1 heterocycles. The van der Waals surface area contributed by atoms with Crippen LogP contribution < -0.4 is 0 Å². The van der Waals surface area contributed by atoms with Gasteiger partial charge in [-0.25, -0.2) is 0 Å². The molecule has 0 fully saturated rings. The first kappa shape index (κ1) is 10.1. The number of aryl methyl sites for hydroxylation is 2. The number of alkyl halides is 1. The van der Waals surface area contributed by atoms with Crippen LogP contribution in [0.25, 0.3) is 0 Å². The molecule has 0 aliphatic heterocycles. The number of hydrogen-bond donors (Lipinski definition) is 0. The van der Waals surface area contributed by atoms with Gasteiger partial charge < -0.3 is 0 Å². The lowest BCUT2D eigenvalue weighted by Crippen LogP contribution is -2.02. The molecule has 0 atom stereocenters. The summed E-state index contributed by atoms with van der Waals surface area (Å²) in [5, 5.41) is 6.11. The highest BCUT2D eigenvalue weighted by molar-refractivity contribution is 9.09. The van der Waals surface area contributed by atoms with E-state index in [9.17, 15) is 0 Å². The zero-order valence-corrected chi connectivity index (χ0v) is 9.61. The molecule has 0 amide bonds. The fraction of sp³-hybridized carbons (Fsp3) is 0.625. The lowest BCUT2D eigenvalue weighted by molar-refractivity contribution is 0.587. The standard InChI is InChI=1S/C8H12BrClN2/c1-6-8(10)7(2)12(11-6)5-3-4-9/h3-5H2,1-2H3. The lowest BCUT2D eigenvalue weighted by atomic mass is 10.4. The Balaban J connectivity index is 2.79. The SMILES string of the molecule is Cc1nn(CCCBr)c(C)c1Cl. The fourth-order valence-electron chi connectivity index (χ4n) is 1.10. The first-order valence-electron chi connectivity index (χ1n) is 3.92. The molecule has 0 aliphatic carbocycles. The summed E-state index contributed by atoms with van der Waals surface area (Å²) in [4.78, 5) is 0. The second-order valence-electron chi connectivity index (χ2n) is 2.75. The Kier molecular flexibility index (Phi) is 3.59. The Morgan fingerprint density at radius 1 is 1.50 bits per heavy atom. The van der Waals surface area contributed by atoms with Crippen LogP contribution in [0.1, 0.15) is 17.8 Å². The number of rotatable bonds is 3. The summed E-state index contributed by atoms with van der Waals surface area (Å²) in [5.74, 6) is 0. The molecule has 68 valence electrons. The Hall–Kier alpha value is -0.0200. The van der Waals surface area contributed by atoms with Crippen LogP contribution in [-0.2, 0) is 6.54 Å². The molecule has 0 radical (unpaired) electrons. The molecule has 12 heavy (non-hydrogen) atoms. The van der Waals surface area contributed by atoms with E-state index in [1.54, 1.807) is 0 Å². The van der Waals surface area contributed by atoms with E-state index in [0.29, 0.717) is 0 Å². The van der Waals surface area contributed by atoms with Crippen LogP contribution in [0.15, 0.2) is 0 Å². The molecular formula is C8H12BrClN2. The Bertz CT molecular complexity index is 270. The summed E-state index contributed by atoms with van der Waals surface area (Å²) in [6, 6.07) is 0. The number of aromatic nitrogens is 2. The van der Waals surface area contributed by atoms with Crippen molar-refractivity contribution in [3.05, 3.63) is 16.4 Å². The lowest BCUT2D eigenvalue weighted by Gasteiger charge is -2.00. The monoisotopic (exact) mass is 250 g/mol. The van der Waals surface area contributed by atoms with Gasteiger partial charge in [0.15, 0.2) is 0 Å². The molecule has 0 saturated heterocycles. The minimum absolute atomic E-state index is 0.796. The van der Waals surface area contributed by atoms with Crippen LogP contribution in [-0.4, -0.2) is 15.1 Å². The second-order valence-corrected chi connectivity index (χ2v) is 3.92. The highest BCUT2D eigenvalue weighted by Crippen LogP contribution is 2.18. The molecule has 1 aromatic heterocycles. The van der Waals surface area contributed by atoms with E-state index < -0.39 is 0 Å². The zero-order valence-electron chi connectivity index (χ0n) is 7.27. The smallest absolute Gasteiger partial charge is 0.0844 e. The summed E-state index contributed by atoms with van der Waals surface area (Å²) < 4.78 is 1.96. The van der Waals surface area contributed by atoms with E-state index in [0.717, 1.165) is 34.7 Å².